The van der Waals surface area contributed by atoms with Crippen LogP contribution >= 0.6 is 0 Å². The molecule has 4 heteroatoms. The van der Waals surface area contributed by atoms with Gasteiger partial charge in [-0.3, -0.25) is 9.88 Å². The maximum Gasteiger partial charge on any atom is 0.0955 e. The maximum absolute atomic E-state index is 6.08. The van der Waals surface area contributed by atoms with Gasteiger partial charge in [-0.1, -0.05) is 13.8 Å². The van der Waals surface area contributed by atoms with Crippen molar-refractivity contribution in [1.82, 2.24) is 9.88 Å². The average molecular weight is 284 g/mol. The standard InChI is InChI=1S/C17H24N4/c1-3-20(4-2)13-9-11-21(12-13)16-8-7-15(18)14-6-5-10-19-17(14)16/h5-8,10,13H,3-4,9,11-12,18H2,1-2H3. The number of likely N-dealkylation sites (N-methyl/N-ethyl adjacent to an activating group) is 1. The molecule has 21 heavy (non-hydrogen) atoms. The Hall–Kier alpha value is -1.81. The van der Waals surface area contributed by atoms with E-state index in [1.165, 1.54) is 12.1 Å². The van der Waals surface area contributed by atoms with Crippen molar-refractivity contribution in [2.45, 2.75) is 26.3 Å². The van der Waals surface area contributed by atoms with Crippen LogP contribution in [0.25, 0.3) is 10.9 Å². The fraction of sp³-hybridized carbons (Fsp3) is 0.471. The first kappa shape index (κ1) is 14.1. The SMILES string of the molecule is CCN(CC)C1CCN(c2ccc(N)c3cccnc23)C1. The Morgan fingerprint density at radius 2 is 2.10 bits per heavy atom. The van der Waals surface area contributed by atoms with E-state index in [2.05, 4.69) is 40.8 Å². The average Bonchev–Trinajstić information content (AvgIpc) is 2.99. The van der Waals surface area contributed by atoms with Crippen LogP contribution in [0.2, 0.25) is 0 Å². The second-order valence-corrected chi connectivity index (χ2v) is 5.68. The first-order valence-electron chi connectivity index (χ1n) is 7.86. The normalized spacial score (nSPS) is 18.8. The molecular formula is C17H24N4. The topological polar surface area (TPSA) is 45.4 Å². The summed E-state index contributed by atoms with van der Waals surface area (Å²) in [4.78, 5) is 9.57. The second kappa shape index (κ2) is 5.90. The number of aromatic nitrogens is 1. The van der Waals surface area contributed by atoms with Crippen LogP contribution < -0.4 is 10.6 Å². The van der Waals surface area contributed by atoms with Gasteiger partial charge in [0.2, 0.25) is 0 Å². The monoisotopic (exact) mass is 284 g/mol. The molecule has 0 bridgehead atoms. The Labute approximate surface area is 126 Å². The minimum atomic E-state index is 0.649. The number of nitrogens with two attached hydrogens (primary N) is 1. The number of pyridine rings is 1. The molecule has 112 valence electrons. The molecule has 3 rings (SSSR count). The third-order valence-corrected chi connectivity index (χ3v) is 4.61. The number of hydrogen-bond donors (Lipinski definition) is 1. The third-order valence-electron chi connectivity index (χ3n) is 4.61. The fourth-order valence-electron chi connectivity index (χ4n) is 3.43. The maximum atomic E-state index is 6.08. The lowest BCUT2D eigenvalue weighted by Gasteiger charge is -2.27. The molecule has 1 fully saturated rings. The van der Waals surface area contributed by atoms with Crippen molar-refractivity contribution < 1.29 is 0 Å². The van der Waals surface area contributed by atoms with Gasteiger partial charge in [0.1, 0.15) is 0 Å². The molecule has 2 heterocycles. The molecule has 1 aliphatic rings. The van der Waals surface area contributed by atoms with Gasteiger partial charge in [-0.15, -0.1) is 0 Å². The lowest BCUT2D eigenvalue weighted by Crippen LogP contribution is -2.37. The molecule has 0 spiro atoms. The van der Waals surface area contributed by atoms with E-state index in [0.717, 1.165) is 42.8 Å². The summed E-state index contributed by atoms with van der Waals surface area (Å²) in [6.07, 6.45) is 3.07. The summed E-state index contributed by atoms with van der Waals surface area (Å²) in [6.45, 7) is 8.90. The first-order valence-corrected chi connectivity index (χ1v) is 7.86. The zero-order valence-corrected chi connectivity index (χ0v) is 12.9. The Bertz CT molecular complexity index is 621. The van der Waals surface area contributed by atoms with E-state index < -0.39 is 0 Å². The molecule has 0 amide bonds. The van der Waals surface area contributed by atoms with Crippen LogP contribution in [-0.2, 0) is 0 Å². The van der Waals surface area contributed by atoms with Crippen LogP contribution in [-0.4, -0.2) is 42.1 Å². The largest absolute Gasteiger partial charge is 0.398 e. The molecule has 0 radical (unpaired) electrons. The summed E-state index contributed by atoms with van der Waals surface area (Å²) < 4.78 is 0. The van der Waals surface area contributed by atoms with Gasteiger partial charge in [0.15, 0.2) is 0 Å². The highest BCUT2D eigenvalue weighted by atomic mass is 15.3. The van der Waals surface area contributed by atoms with Crippen molar-refractivity contribution in [2.24, 2.45) is 0 Å². The number of rotatable bonds is 4. The Kier molecular flexibility index (Phi) is 3.97. The second-order valence-electron chi connectivity index (χ2n) is 5.68. The number of fused-ring (bicyclic) bond motifs is 1. The van der Waals surface area contributed by atoms with E-state index in [1.54, 1.807) is 0 Å². The van der Waals surface area contributed by atoms with Crippen molar-refractivity contribution in [2.75, 3.05) is 36.8 Å². The summed E-state index contributed by atoms with van der Waals surface area (Å²) in [5.74, 6) is 0. The van der Waals surface area contributed by atoms with Crippen molar-refractivity contribution in [3.8, 4) is 0 Å². The molecule has 2 aromatic rings. The van der Waals surface area contributed by atoms with Gasteiger partial charge in [0, 0.05) is 36.4 Å². The predicted octanol–water partition coefficient (Wildman–Crippen LogP) is 2.74. The van der Waals surface area contributed by atoms with Crippen LogP contribution in [0.1, 0.15) is 20.3 Å². The highest BCUT2D eigenvalue weighted by Crippen LogP contribution is 2.31. The zero-order chi connectivity index (χ0) is 14.8. The molecule has 1 unspecified atom stereocenters. The van der Waals surface area contributed by atoms with Gasteiger partial charge in [-0.05, 0) is 43.8 Å². The Morgan fingerprint density at radius 3 is 2.86 bits per heavy atom. The van der Waals surface area contributed by atoms with Gasteiger partial charge < -0.3 is 10.6 Å². The third kappa shape index (κ3) is 2.56. The van der Waals surface area contributed by atoms with E-state index in [4.69, 9.17) is 5.73 Å². The Balaban J connectivity index is 1.91. The predicted molar refractivity (Wildman–Crippen MR) is 89.7 cm³/mol. The van der Waals surface area contributed by atoms with Gasteiger partial charge in [-0.25, -0.2) is 0 Å². The van der Waals surface area contributed by atoms with Crippen molar-refractivity contribution >= 4 is 22.3 Å². The molecule has 1 aliphatic heterocycles. The van der Waals surface area contributed by atoms with Gasteiger partial charge >= 0.3 is 0 Å². The van der Waals surface area contributed by atoms with E-state index in [0.29, 0.717) is 6.04 Å². The van der Waals surface area contributed by atoms with Crippen LogP contribution in [0.15, 0.2) is 30.5 Å². The Morgan fingerprint density at radius 1 is 1.29 bits per heavy atom. The highest BCUT2D eigenvalue weighted by molar-refractivity contribution is 5.98. The van der Waals surface area contributed by atoms with E-state index in [1.807, 2.05) is 18.3 Å². The minimum absolute atomic E-state index is 0.649. The molecule has 0 aliphatic carbocycles. The first-order chi connectivity index (χ1) is 10.2. The number of nitrogens with zero attached hydrogens (tertiary/aromatic N) is 3. The molecule has 1 atom stereocenters. The lowest BCUT2D eigenvalue weighted by molar-refractivity contribution is 0.232. The molecular weight excluding hydrogens is 260 g/mol. The zero-order valence-electron chi connectivity index (χ0n) is 12.9. The van der Waals surface area contributed by atoms with E-state index in [9.17, 15) is 0 Å². The highest BCUT2D eigenvalue weighted by Gasteiger charge is 2.27. The summed E-state index contributed by atoms with van der Waals surface area (Å²) in [5, 5.41) is 1.06. The van der Waals surface area contributed by atoms with E-state index >= 15 is 0 Å². The molecule has 2 N–H and O–H groups in total. The summed E-state index contributed by atoms with van der Waals surface area (Å²) in [5.41, 5.74) is 9.13. The van der Waals surface area contributed by atoms with Gasteiger partial charge in [-0.2, -0.15) is 0 Å². The fourth-order valence-corrected chi connectivity index (χ4v) is 3.43. The molecule has 0 saturated carbocycles. The van der Waals surface area contributed by atoms with Crippen molar-refractivity contribution in [3.63, 3.8) is 0 Å². The van der Waals surface area contributed by atoms with Crippen LogP contribution in [0.3, 0.4) is 0 Å². The summed E-state index contributed by atoms with van der Waals surface area (Å²) in [7, 11) is 0. The van der Waals surface area contributed by atoms with Crippen LogP contribution in [0.5, 0.6) is 0 Å². The van der Waals surface area contributed by atoms with E-state index in [-0.39, 0.29) is 0 Å². The minimum Gasteiger partial charge on any atom is -0.398 e. The summed E-state index contributed by atoms with van der Waals surface area (Å²) >= 11 is 0. The van der Waals surface area contributed by atoms with Crippen LogP contribution in [0.4, 0.5) is 11.4 Å². The molecule has 1 aromatic heterocycles. The van der Waals surface area contributed by atoms with Crippen molar-refractivity contribution in [3.05, 3.63) is 30.5 Å². The number of hydrogen-bond acceptors (Lipinski definition) is 4. The van der Waals surface area contributed by atoms with Gasteiger partial charge in [0.25, 0.3) is 0 Å². The number of benzene rings is 1. The smallest absolute Gasteiger partial charge is 0.0955 e. The quantitative estimate of drug-likeness (QED) is 0.877. The lowest BCUT2D eigenvalue weighted by atomic mass is 10.1. The number of nitrogen functional groups attached to an aromatic ring is 1. The molecule has 4 nitrogen and oxygen atoms in total. The number of anilines is 2. The van der Waals surface area contributed by atoms with Crippen LogP contribution in [0, 0.1) is 0 Å². The van der Waals surface area contributed by atoms with Crippen molar-refractivity contribution in [1.29, 1.82) is 0 Å². The summed E-state index contributed by atoms with van der Waals surface area (Å²) in [6, 6.07) is 8.78. The molecule has 1 saturated heterocycles. The van der Waals surface area contributed by atoms with Gasteiger partial charge in [0.05, 0.1) is 11.2 Å². The molecule has 1 aromatic carbocycles.